The topological polar surface area (TPSA) is 116 Å². The number of carbonyl (C=O) groups excluding carboxylic acids is 2. The van der Waals surface area contributed by atoms with Gasteiger partial charge in [-0.2, -0.15) is 0 Å². The van der Waals surface area contributed by atoms with Crippen LogP contribution in [0.1, 0.15) is 25.0 Å². The first kappa shape index (κ1) is 16.4. The summed E-state index contributed by atoms with van der Waals surface area (Å²) in [5.41, 5.74) is 0.860. The maximum absolute atomic E-state index is 11.8. The highest BCUT2D eigenvalue weighted by Crippen LogP contribution is 2.13. The van der Waals surface area contributed by atoms with E-state index in [1.54, 1.807) is 12.5 Å². The number of amides is 1. The summed E-state index contributed by atoms with van der Waals surface area (Å²) in [5, 5.41) is 15.6. The molecule has 1 amide bonds. The zero-order valence-electron chi connectivity index (χ0n) is 12.5. The number of nitrogens with zero attached hydrogens (tertiary/aromatic N) is 1. The van der Waals surface area contributed by atoms with E-state index in [1.165, 1.54) is 7.11 Å². The second kappa shape index (κ2) is 7.90. The Labute approximate surface area is 128 Å². The van der Waals surface area contributed by atoms with Gasteiger partial charge in [0.05, 0.1) is 25.4 Å². The quantitative estimate of drug-likeness (QED) is 0.373. The van der Waals surface area contributed by atoms with Gasteiger partial charge < -0.3 is 20.1 Å². The standard InChI is InChI=1S/C14H22N4O4/c1-22-14(21)9(6-10-7-15-8-17-10)4-5-16-13(20)11-2-3-12(19)18-11/h7-9,11,13,16,20H,2-6H2,1H3,(H,15,17)(H,18,19). The Morgan fingerprint density at radius 2 is 2.45 bits per heavy atom. The van der Waals surface area contributed by atoms with Gasteiger partial charge in [0.1, 0.15) is 6.23 Å². The Balaban J connectivity index is 1.78. The van der Waals surface area contributed by atoms with Crippen molar-refractivity contribution in [2.24, 2.45) is 5.92 Å². The first-order valence-corrected chi connectivity index (χ1v) is 7.36. The highest BCUT2D eigenvalue weighted by molar-refractivity contribution is 5.78. The number of aliphatic hydroxyl groups is 1. The molecule has 22 heavy (non-hydrogen) atoms. The zero-order valence-corrected chi connectivity index (χ0v) is 12.5. The van der Waals surface area contributed by atoms with E-state index >= 15 is 0 Å². The minimum absolute atomic E-state index is 0.0440. The third kappa shape index (κ3) is 4.54. The SMILES string of the molecule is COC(=O)C(CCNC(O)C1CCC(=O)N1)Cc1cnc[nH]1. The van der Waals surface area contributed by atoms with Crippen molar-refractivity contribution in [3.05, 3.63) is 18.2 Å². The molecule has 1 aromatic heterocycles. The molecule has 3 unspecified atom stereocenters. The molecule has 122 valence electrons. The largest absolute Gasteiger partial charge is 0.469 e. The van der Waals surface area contributed by atoms with Crippen LogP contribution in [0.4, 0.5) is 0 Å². The summed E-state index contributed by atoms with van der Waals surface area (Å²) in [6.07, 6.45) is 4.50. The third-order valence-corrected chi connectivity index (χ3v) is 3.81. The van der Waals surface area contributed by atoms with E-state index in [9.17, 15) is 14.7 Å². The molecule has 3 atom stereocenters. The van der Waals surface area contributed by atoms with E-state index in [2.05, 4.69) is 20.6 Å². The lowest BCUT2D eigenvalue weighted by Crippen LogP contribution is -2.46. The second-order valence-corrected chi connectivity index (χ2v) is 5.40. The van der Waals surface area contributed by atoms with Gasteiger partial charge in [0, 0.05) is 24.7 Å². The van der Waals surface area contributed by atoms with Crippen LogP contribution in [-0.2, 0) is 20.7 Å². The Morgan fingerprint density at radius 3 is 3.05 bits per heavy atom. The predicted molar refractivity (Wildman–Crippen MR) is 77.6 cm³/mol. The lowest BCUT2D eigenvalue weighted by molar-refractivity contribution is -0.145. The Hall–Kier alpha value is -1.93. The van der Waals surface area contributed by atoms with Gasteiger partial charge in [-0.1, -0.05) is 0 Å². The van der Waals surface area contributed by atoms with E-state index in [0.29, 0.717) is 32.2 Å². The van der Waals surface area contributed by atoms with Crippen LogP contribution in [0.25, 0.3) is 0 Å². The Bertz CT molecular complexity index is 491. The number of hydrogen-bond donors (Lipinski definition) is 4. The van der Waals surface area contributed by atoms with Crippen molar-refractivity contribution in [2.75, 3.05) is 13.7 Å². The Kier molecular flexibility index (Phi) is 5.91. The monoisotopic (exact) mass is 310 g/mol. The lowest BCUT2D eigenvalue weighted by Gasteiger charge is -2.21. The first-order valence-electron chi connectivity index (χ1n) is 7.36. The first-order chi connectivity index (χ1) is 10.6. The zero-order chi connectivity index (χ0) is 15.9. The molecule has 0 radical (unpaired) electrons. The number of methoxy groups -OCH3 is 1. The molecule has 1 aliphatic rings. The molecule has 0 spiro atoms. The minimum atomic E-state index is -0.808. The number of aromatic nitrogens is 2. The van der Waals surface area contributed by atoms with E-state index in [4.69, 9.17) is 4.74 Å². The Morgan fingerprint density at radius 1 is 1.64 bits per heavy atom. The van der Waals surface area contributed by atoms with Crippen LogP contribution >= 0.6 is 0 Å². The van der Waals surface area contributed by atoms with Gasteiger partial charge >= 0.3 is 5.97 Å². The molecule has 8 nitrogen and oxygen atoms in total. The molecule has 8 heteroatoms. The van der Waals surface area contributed by atoms with E-state index in [1.807, 2.05) is 0 Å². The van der Waals surface area contributed by atoms with Crippen LogP contribution in [0, 0.1) is 5.92 Å². The molecule has 4 N–H and O–H groups in total. The van der Waals surface area contributed by atoms with Crippen LogP contribution in [0.15, 0.2) is 12.5 Å². The van der Waals surface area contributed by atoms with E-state index < -0.39 is 6.23 Å². The number of nitrogens with one attached hydrogen (secondary N) is 3. The summed E-state index contributed by atoms with van der Waals surface area (Å²) in [6.45, 7) is 0.446. The van der Waals surface area contributed by atoms with Crippen molar-refractivity contribution in [1.82, 2.24) is 20.6 Å². The van der Waals surface area contributed by atoms with Gasteiger partial charge in [-0.25, -0.2) is 4.98 Å². The predicted octanol–water partition coefficient (Wildman–Crippen LogP) is -0.682. The van der Waals surface area contributed by atoms with Gasteiger partial charge in [-0.3, -0.25) is 14.9 Å². The number of esters is 1. The molecular formula is C14H22N4O4. The van der Waals surface area contributed by atoms with Gasteiger partial charge in [-0.05, 0) is 19.4 Å². The van der Waals surface area contributed by atoms with Gasteiger partial charge in [0.15, 0.2) is 0 Å². The van der Waals surface area contributed by atoms with Crippen molar-refractivity contribution in [3.8, 4) is 0 Å². The molecule has 0 aliphatic carbocycles. The van der Waals surface area contributed by atoms with Crippen LogP contribution in [0.5, 0.6) is 0 Å². The van der Waals surface area contributed by atoms with Crippen LogP contribution in [0.2, 0.25) is 0 Å². The number of ether oxygens (including phenoxy) is 1. The second-order valence-electron chi connectivity index (χ2n) is 5.40. The summed E-state index contributed by atoms with van der Waals surface area (Å²) in [5.74, 6) is -0.652. The van der Waals surface area contributed by atoms with Crippen molar-refractivity contribution >= 4 is 11.9 Å². The van der Waals surface area contributed by atoms with Crippen LogP contribution < -0.4 is 10.6 Å². The molecule has 0 saturated carbocycles. The van der Waals surface area contributed by atoms with E-state index in [0.717, 1.165) is 5.69 Å². The lowest BCUT2D eigenvalue weighted by atomic mass is 9.99. The number of aromatic amines is 1. The fraction of sp³-hybridized carbons (Fsp3) is 0.643. The summed E-state index contributed by atoms with van der Waals surface area (Å²) in [6, 6.07) is -0.267. The number of rotatable bonds is 8. The van der Waals surface area contributed by atoms with Crippen LogP contribution in [-0.4, -0.2) is 52.9 Å². The number of imidazole rings is 1. The number of aliphatic hydroxyl groups excluding tert-OH is 1. The normalized spacial score (nSPS) is 20.5. The summed E-state index contributed by atoms with van der Waals surface area (Å²) < 4.78 is 4.81. The third-order valence-electron chi connectivity index (χ3n) is 3.81. The molecule has 1 aliphatic heterocycles. The smallest absolute Gasteiger partial charge is 0.309 e. The minimum Gasteiger partial charge on any atom is -0.469 e. The van der Waals surface area contributed by atoms with Gasteiger partial charge in [-0.15, -0.1) is 0 Å². The van der Waals surface area contributed by atoms with Crippen molar-refractivity contribution in [3.63, 3.8) is 0 Å². The molecule has 2 heterocycles. The van der Waals surface area contributed by atoms with E-state index in [-0.39, 0.29) is 23.8 Å². The molecule has 2 rings (SSSR count). The summed E-state index contributed by atoms with van der Waals surface area (Å²) in [4.78, 5) is 29.8. The molecule has 0 aromatic carbocycles. The molecule has 1 aromatic rings. The number of carbonyl (C=O) groups is 2. The summed E-state index contributed by atoms with van der Waals surface area (Å²) in [7, 11) is 1.36. The van der Waals surface area contributed by atoms with Gasteiger partial charge in [0.2, 0.25) is 5.91 Å². The molecule has 1 saturated heterocycles. The average Bonchev–Trinajstić information content (AvgIpc) is 3.16. The molecule has 0 bridgehead atoms. The van der Waals surface area contributed by atoms with Crippen molar-refractivity contribution in [1.29, 1.82) is 0 Å². The number of H-pyrrole nitrogens is 1. The number of hydrogen-bond acceptors (Lipinski definition) is 6. The van der Waals surface area contributed by atoms with Crippen molar-refractivity contribution < 1.29 is 19.4 Å². The van der Waals surface area contributed by atoms with Crippen molar-refractivity contribution in [2.45, 2.75) is 38.0 Å². The molecular weight excluding hydrogens is 288 g/mol. The fourth-order valence-electron chi connectivity index (χ4n) is 2.55. The highest BCUT2D eigenvalue weighted by atomic mass is 16.5. The maximum atomic E-state index is 11.8. The van der Waals surface area contributed by atoms with Crippen LogP contribution in [0.3, 0.4) is 0 Å². The highest BCUT2D eigenvalue weighted by Gasteiger charge is 2.27. The summed E-state index contributed by atoms with van der Waals surface area (Å²) >= 11 is 0. The average molecular weight is 310 g/mol. The maximum Gasteiger partial charge on any atom is 0.309 e. The van der Waals surface area contributed by atoms with Gasteiger partial charge in [0.25, 0.3) is 0 Å². The molecule has 1 fully saturated rings. The fourth-order valence-corrected chi connectivity index (χ4v) is 2.55.